The normalized spacial score (nSPS) is 12.2. The number of fused-ring (bicyclic) bond motifs is 10. The Labute approximate surface area is 148 Å². The second kappa shape index (κ2) is 4.62. The fraction of sp³-hybridized carbons (Fsp3) is 0.0435. The van der Waals surface area contributed by atoms with Gasteiger partial charge in [0.05, 0.1) is 5.52 Å². The van der Waals surface area contributed by atoms with E-state index in [2.05, 4.69) is 84.4 Å². The maximum atomic E-state index is 2.36. The van der Waals surface area contributed by atoms with E-state index in [1.165, 1.54) is 52.8 Å². The fourth-order valence-corrected chi connectivity index (χ4v) is 5.61. The summed E-state index contributed by atoms with van der Waals surface area (Å²) < 4.78 is 5.13. The summed E-state index contributed by atoms with van der Waals surface area (Å²) in [6.45, 7) is 0. The van der Waals surface area contributed by atoms with Crippen molar-refractivity contribution in [1.29, 1.82) is 0 Å². The molecule has 0 saturated heterocycles. The van der Waals surface area contributed by atoms with E-state index in [0.29, 0.717) is 0 Å². The van der Waals surface area contributed by atoms with Crippen LogP contribution >= 0.6 is 11.3 Å². The van der Waals surface area contributed by atoms with Crippen molar-refractivity contribution in [3.63, 3.8) is 0 Å². The minimum absolute atomic E-state index is 1.30. The topological polar surface area (TPSA) is 4.93 Å². The van der Waals surface area contributed by atoms with Crippen LogP contribution in [0, 0.1) is 0 Å². The van der Waals surface area contributed by atoms with E-state index in [9.17, 15) is 0 Å². The molecule has 4 aromatic carbocycles. The molecular weight excluding hydrogens is 322 g/mol. The van der Waals surface area contributed by atoms with Gasteiger partial charge >= 0.3 is 0 Å². The molecule has 0 aliphatic heterocycles. The van der Waals surface area contributed by atoms with Gasteiger partial charge in [-0.3, -0.25) is 0 Å². The number of aromatic nitrogens is 1. The first-order chi connectivity index (χ1) is 12.3. The molecule has 2 heteroatoms. The van der Waals surface area contributed by atoms with Gasteiger partial charge in [0.2, 0.25) is 0 Å². The maximum absolute atomic E-state index is 2.36. The van der Waals surface area contributed by atoms with Crippen molar-refractivity contribution < 1.29 is 0 Å². The summed E-state index contributed by atoms with van der Waals surface area (Å²) in [6.07, 6.45) is 0. The number of aryl methyl sites for hydroxylation is 1. The van der Waals surface area contributed by atoms with E-state index in [0.717, 1.165) is 0 Å². The van der Waals surface area contributed by atoms with Crippen molar-refractivity contribution >= 4 is 64.1 Å². The number of hydrogen-bond donors (Lipinski definition) is 0. The molecule has 0 bridgehead atoms. The van der Waals surface area contributed by atoms with Crippen molar-refractivity contribution in [3.05, 3.63) is 72.8 Å². The molecule has 2 heterocycles. The molecule has 0 atom stereocenters. The third-order valence-corrected chi connectivity index (χ3v) is 6.57. The predicted molar refractivity (Wildman–Crippen MR) is 111 cm³/mol. The lowest BCUT2D eigenvalue weighted by molar-refractivity contribution is 1.02. The van der Waals surface area contributed by atoms with Gasteiger partial charge in [0.25, 0.3) is 0 Å². The molecule has 6 rings (SSSR count). The molecule has 1 nitrogen and oxygen atoms in total. The Morgan fingerprint density at radius 1 is 0.640 bits per heavy atom. The van der Waals surface area contributed by atoms with Gasteiger partial charge in [-0.1, -0.05) is 60.7 Å². The zero-order valence-corrected chi connectivity index (χ0v) is 14.6. The largest absolute Gasteiger partial charge is 0.343 e. The zero-order valence-electron chi connectivity index (χ0n) is 13.8. The molecule has 0 unspecified atom stereocenters. The van der Waals surface area contributed by atoms with Crippen LogP contribution in [0.2, 0.25) is 0 Å². The van der Waals surface area contributed by atoms with Gasteiger partial charge in [-0.25, -0.2) is 0 Å². The summed E-state index contributed by atoms with van der Waals surface area (Å²) in [5, 5.41) is 8.21. The fourth-order valence-electron chi connectivity index (χ4n) is 4.33. The number of hydrogen-bond acceptors (Lipinski definition) is 1. The number of thiophene rings is 1. The van der Waals surface area contributed by atoms with Crippen LogP contribution in [0.25, 0.3) is 52.8 Å². The standard InChI is InChI=1S/C23H15NS/c1-24-18-12-6-4-10-16(18)21-22(24)15-9-3-2-8-14(15)20-17-11-5-7-13-19(17)25-23(20)21/h2-13H,1H3. The first kappa shape index (κ1) is 13.5. The zero-order chi connectivity index (χ0) is 16.5. The summed E-state index contributed by atoms with van der Waals surface area (Å²) >= 11 is 1.92. The molecule has 118 valence electrons. The number of benzene rings is 4. The number of rotatable bonds is 0. The Hall–Kier alpha value is -2.84. The Kier molecular flexibility index (Phi) is 2.48. The van der Waals surface area contributed by atoms with Crippen molar-refractivity contribution in [2.45, 2.75) is 0 Å². The van der Waals surface area contributed by atoms with E-state index in [1.54, 1.807) is 0 Å². The van der Waals surface area contributed by atoms with Crippen LogP contribution in [0.4, 0.5) is 0 Å². The van der Waals surface area contributed by atoms with Gasteiger partial charge in [-0.05, 0) is 17.5 Å². The molecule has 2 aromatic heterocycles. The van der Waals surface area contributed by atoms with Crippen LogP contribution in [0.5, 0.6) is 0 Å². The Balaban J connectivity index is 2.11. The second-order valence-electron chi connectivity index (χ2n) is 6.65. The van der Waals surface area contributed by atoms with Crippen LogP contribution in [-0.2, 0) is 7.05 Å². The quantitative estimate of drug-likeness (QED) is 0.285. The van der Waals surface area contributed by atoms with E-state index in [-0.39, 0.29) is 0 Å². The van der Waals surface area contributed by atoms with Gasteiger partial charge < -0.3 is 4.57 Å². The van der Waals surface area contributed by atoms with Crippen molar-refractivity contribution in [3.8, 4) is 0 Å². The van der Waals surface area contributed by atoms with Crippen molar-refractivity contribution in [2.75, 3.05) is 0 Å². The average molecular weight is 337 g/mol. The molecule has 0 saturated carbocycles. The van der Waals surface area contributed by atoms with Crippen LogP contribution < -0.4 is 0 Å². The molecule has 0 N–H and O–H groups in total. The Morgan fingerprint density at radius 2 is 1.28 bits per heavy atom. The van der Waals surface area contributed by atoms with E-state index < -0.39 is 0 Å². The van der Waals surface area contributed by atoms with Crippen LogP contribution in [0.3, 0.4) is 0 Å². The molecule has 0 fully saturated rings. The monoisotopic (exact) mass is 337 g/mol. The molecular formula is C23H15NS. The molecule has 0 aliphatic carbocycles. The van der Waals surface area contributed by atoms with Gasteiger partial charge in [-0.2, -0.15) is 0 Å². The van der Waals surface area contributed by atoms with E-state index in [1.807, 2.05) is 11.3 Å². The highest BCUT2D eigenvalue weighted by atomic mass is 32.1. The van der Waals surface area contributed by atoms with Crippen molar-refractivity contribution in [2.24, 2.45) is 7.05 Å². The predicted octanol–water partition coefficient (Wildman–Crippen LogP) is 6.85. The van der Waals surface area contributed by atoms with Crippen LogP contribution in [0.1, 0.15) is 0 Å². The highest BCUT2D eigenvalue weighted by Crippen LogP contribution is 2.46. The Morgan fingerprint density at radius 3 is 2.12 bits per heavy atom. The first-order valence-corrected chi connectivity index (χ1v) is 9.35. The number of nitrogens with zero attached hydrogens (tertiary/aromatic N) is 1. The molecule has 25 heavy (non-hydrogen) atoms. The second-order valence-corrected chi connectivity index (χ2v) is 7.70. The van der Waals surface area contributed by atoms with Gasteiger partial charge in [-0.15, -0.1) is 11.3 Å². The molecule has 0 aliphatic rings. The average Bonchev–Trinajstić information content (AvgIpc) is 3.19. The molecule has 0 amide bonds. The maximum Gasteiger partial charge on any atom is 0.0583 e. The third-order valence-electron chi connectivity index (χ3n) is 5.38. The lowest BCUT2D eigenvalue weighted by Gasteiger charge is -2.06. The minimum Gasteiger partial charge on any atom is -0.343 e. The number of para-hydroxylation sites is 1. The summed E-state index contributed by atoms with van der Waals surface area (Å²) in [7, 11) is 2.19. The lowest BCUT2D eigenvalue weighted by Crippen LogP contribution is -1.88. The summed E-state index contributed by atoms with van der Waals surface area (Å²) in [4.78, 5) is 0. The third kappa shape index (κ3) is 1.58. The highest BCUT2D eigenvalue weighted by molar-refractivity contribution is 7.27. The molecule has 0 radical (unpaired) electrons. The van der Waals surface area contributed by atoms with Crippen LogP contribution in [0.15, 0.2) is 72.8 Å². The SMILES string of the molecule is Cn1c2ccccc2c2c3sc4ccccc4c3c3ccccc3c21. The lowest BCUT2D eigenvalue weighted by atomic mass is 10.00. The van der Waals surface area contributed by atoms with Crippen molar-refractivity contribution in [1.82, 2.24) is 4.57 Å². The molecule has 6 aromatic rings. The molecule has 0 spiro atoms. The Bertz CT molecular complexity index is 1450. The van der Waals surface area contributed by atoms with E-state index >= 15 is 0 Å². The summed E-state index contributed by atoms with van der Waals surface area (Å²) in [5.74, 6) is 0. The first-order valence-electron chi connectivity index (χ1n) is 8.53. The van der Waals surface area contributed by atoms with E-state index in [4.69, 9.17) is 0 Å². The van der Waals surface area contributed by atoms with Gasteiger partial charge in [0, 0.05) is 48.9 Å². The van der Waals surface area contributed by atoms with Gasteiger partial charge in [0.15, 0.2) is 0 Å². The smallest absolute Gasteiger partial charge is 0.0583 e. The van der Waals surface area contributed by atoms with Gasteiger partial charge in [0.1, 0.15) is 0 Å². The minimum atomic E-state index is 1.30. The summed E-state index contributed by atoms with van der Waals surface area (Å²) in [6, 6.07) is 26.4. The highest BCUT2D eigenvalue weighted by Gasteiger charge is 2.18. The van der Waals surface area contributed by atoms with Crippen LogP contribution in [-0.4, -0.2) is 4.57 Å². The summed E-state index contributed by atoms with van der Waals surface area (Å²) in [5.41, 5.74) is 2.64.